The molecule has 0 radical (unpaired) electrons. The van der Waals surface area contributed by atoms with E-state index in [4.69, 9.17) is 4.74 Å². The van der Waals surface area contributed by atoms with E-state index >= 15 is 0 Å². The summed E-state index contributed by atoms with van der Waals surface area (Å²) in [5.74, 6) is -0.259. The monoisotopic (exact) mass is 751 g/mol. The Morgan fingerprint density at radius 1 is 0.982 bits per heavy atom. The van der Waals surface area contributed by atoms with E-state index in [1.54, 1.807) is 37.3 Å². The van der Waals surface area contributed by atoms with Gasteiger partial charge in [0.05, 0.1) is 11.7 Å². The Labute approximate surface area is 320 Å². The summed E-state index contributed by atoms with van der Waals surface area (Å²) >= 11 is 0. The van der Waals surface area contributed by atoms with Crippen LogP contribution in [-0.2, 0) is 19.1 Å². The number of nitrogens with zero attached hydrogens (tertiary/aromatic N) is 4. The molecule has 1 fully saturated rings. The number of ether oxygens (including phenoxy) is 1. The third-order valence-electron chi connectivity index (χ3n) is 10.6. The zero-order valence-electron chi connectivity index (χ0n) is 31.4. The van der Waals surface area contributed by atoms with Crippen LogP contribution in [0.5, 0.6) is 0 Å². The molecule has 0 bridgehead atoms. The minimum atomic E-state index is -1.04. The number of fused-ring (bicyclic) bond motifs is 4. The molecule has 0 unspecified atom stereocenters. The summed E-state index contributed by atoms with van der Waals surface area (Å²) in [6.07, 6.45) is 6.05. The summed E-state index contributed by atoms with van der Waals surface area (Å²) < 4.78 is 5.75. The minimum absolute atomic E-state index is 0.0263. The lowest BCUT2D eigenvalue weighted by Gasteiger charge is -2.27. The van der Waals surface area contributed by atoms with Gasteiger partial charge in [-0.2, -0.15) is 5.10 Å². The second-order valence-electron chi connectivity index (χ2n) is 14.2. The summed E-state index contributed by atoms with van der Waals surface area (Å²) in [7, 11) is 3.41. The summed E-state index contributed by atoms with van der Waals surface area (Å²) in [6.45, 7) is 2.16. The van der Waals surface area contributed by atoms with Crippen molar-refractivity contribution in [3.63, 3.8) is 0 Å². The van der Waals surface area contributed by atoms with Gasteiger partial charge in [-0.25, -0.2) is 20.0 Å². The highest BCUT2D eigenvalue weighted by Crippen LogP contribution is 2.44. The van der Waals surface area contributed by atoms with Crippen molar-refractivity contribution in [2.24, 2.45) is 16.9 Å². The van der Waals surface area contributed by atoms with Crippen molar-refractivity contribution in [1.82, 2.24) is 31.7 Å². The van der Waals surface area contributed by atoms with Crippen molar-refractivity contribution < 1.29 is 28.7 Å². The van der Waals surface area contributed by atoms with Crippen molar-refractivity contribution >= 4 is 47.6 Å². The summed E-state index contributed by atoms with van der Waals surface area (Å²) in [5.41, 5.74) is 7.23. The second kappa shape index (κ2) is 17.9. The molecule has 55 heavy (non-hydrogen) atoms. The number of aromatic nitrogens is 1. The number of carbonyl (C=O) groups excluding carboxylic acids is 5. The molecule has 15 heteroatoms. The topological polar surface area (TPSA) is 186 Å². The van der Waals surface area contributed by atoms with Gasteiger partial charge in [-0.05, 0) is 72.4 Å². The molecule has 2 atom stereocenters. The van der Waals surface area contributed by atoms with Crippen LogP contribution < -0.4 is 36.5 Å². The maximum Gasteiger partial charge on any atom is 0.407 e. The van der Waals surface area contributed by atoms with Crippen LogP contribution in [0.25, 0.3) is 11.1 Å². The normalized spacial score (nSPS) is 19.7. The molecule has 2 heterocycles. The third-order valence-corrected chi connectivity index (χ3v) is 10.6. The first-order chi connectivity index (χ1) is 26.7. The predicted molar refractivity (Wildman–Crippen MR) is 209 cm³/mol. The molecule has 15 nitrogen and oxygen atoms in total. The highest BCUT2D eigenvalue weighted by Gasteiger charge is 2.36. The Morgan fingerprint density at radius 2 is 1.67 bits per heavy atom. The zero-order chi connectivity index (χ0) is 38.9. The number of hydrogen-bond donors (Lipinski definition) is 5. The Morgan fingerprint density at radius 3 is 2.35 bits per heavy atom. The number of amides is 6. The number of nitrogens with one attached hydrogen (secondary N) is 5. The molecular weight excluding hydrogens is 702 g/mol. The van der Waals surface area contributed by atoms with Gasteiger partial charge >= 0.3 is 12.1 Å². The molecule has 3 aromatic rings. The molecule has 6 rings (SSSR count). The molecule has 1 saturated carbocycles. The number of benzene rings is 2. The lowest BCUT2D eigenvalue weighted by Crippen LogP contribution is -2.54. The lowest BCUT2D eigenvalue weighted by atomic mass is 9.81. The van der Waals surface area contributed by atoms with E-state index in [1.807, 2.05) is 43.3 Å². The second-order valence-corrected chi connectivity index (χ2v) is 14.2. The van der Waals surface area contributed by atoms with Gasteiger partial charge in [-0.3, -0.25) is 19.3 Å². The van der Waals surface area contributed by atoms with Crippen molar-refractivity contribution in [1.29, 1.82) is 0 Å². The van der Waals surface area contributed by atoms with E-state index in [9.17, 15) is 24.0 Å². The lowest BCUT2D eigenvalue weighted by molar-refractivity contribution is -0.125. The van der Waals surface area contributed by atoms with Gasteiger partial charge in [0, 0.05) is 51.4 Å². The predicted octanol–water partition coefficient (Wildman–Crippen LogP) is 3.50. The highest BCUT2D eigenvalue weighted by molar-refractivity contribution is 6.06. The Balaban J connectivity index is 1.03. The van der Waals surface area contributed by atoms with Crippen molar-refractivity contribution in [3.05, 3.63) is 78.0 Å². The van der Waals surface area contributed by atoms with Crippen molar-refractivity contribution in [2.45, 2.75) is 57.0 Å². The van der Waals surface area contributed by atoms with Gasteiger partial charge in [-0.1, -0.05) is 55.5 Å². The van der Waals surface area contributed by atoms with Crippen LogP contribution in [0.2, 0.25) is 0 Å². The Hall–Kier alpha value is -5.99. The molecule has 0 saturated heterocycles. The molecule has 0 spiro atoms. The van der Waals surface area contributed by atoms with Gasteiger partial charge in [0.2, 0.25) is 11.8 Å². The molecule has 290 valence electrons. The number of rotatable bonds is 12. The van der Waals surface area contributed by atoms with Crippen LogP contribution in [-0.4, -0.2) is 93.5 Å². The highest BCUT2D eigenvalue weighted by atomic mass is 16.5. The fourth-order valence-corrected chi connectivity index (χ4v) is 7.63. The van der Waals surface area contributed by atoms with Gasteiger partial charge < -0.3 is 30.9 Å². The smallest absolute Gasteiger partial charge is 0.407 e. The molecular formula is C40H49N9O6. The fraction of sp³-hybridized carbons (Fsp3) is 0.425. The number of urea groups is 1. The minimum Gasteiger partial charge on any atom is -0.449 e. The van der Waals surface area contributed by atoms with Gasteiger partial charge in [0.1, 0.15) is 19.2 Å². The first-order valence-corrected chi connectivity index (χ1v) is 18.8. The molecule has 6 amide bonds. The van der Waals surface area contributed by atoms with Gasteiger partial charge in [0.25, 0.3) is 5.91 Å². The third kappa shape index (κ3) is 9.22. The van der Waals surface area contributed by atoms with E-state index in [-0.39, 0.29) is 43.4 Å². The number of carbonyl (C=O) groups is 5. The van der Waals surface area contributed by atoms with Crippen LogP contribution >= 0.6 is 0 Å². The van der Waals surface area contributed by atoms with E-state index in [2.05, 4.69) is 48.9 Å². The van der Waals surface area contributed by atoms with Gasteiger partial charge in [0.15, 0.2) is 5.82 Å². The average Bonchev–Trinajstić information content (AvgIpc) is 3.49. The Bertz CT molecular complexity index is 1870. The van der Waals surface area contributed by atoms with Crippen LogP contribution in [0.4, 0.5) is 21.1 Å². The number of pyridine rings is 1. The average molecular weight is 752 g/mol. The molecule has 1 aliphatic heterocycles. The van der Waals surface area contributed by atoms with Crippen molar-refractivity contribution in [3.8, 4) is 11.1 Å². The summed E-state index contributed by atoms with van der Waals surface area (Å²) in [4.78, 5) is 72.6. The zero-order valence-corrected chi connectivity index (χ0v) is 31.4. The number of alkyl carbamates (subject to hydrolysis) is 1. The molecule has 3 aliphatic rings. The van der Waals surface area contributed by atoms with Crippen LogP contribution in [0.3, 0.4) is 0 Å². The van der Waals surface area contributed by atoms with E-state index in [0.29, 0.717) is 24.5 Å². The molecule has 2 aliphatic carbocycles. The first-order valence-electron chi connectivity index (χ1n) is 18.8. The van der Waals surface area contributed by atoms with Gasteiger partial charge in [-0.15, -0.1) is 0 Å². The van der Waals surface area contributed by atoms with Crippen LogP contribution in [0, 0.1) is 11.8 Å². The van der Waals surface area contributed by atoms with E-state index < -0.39 is 36.0 Å². The molecule has 1 aromatic heterocycles. The van der Waals surface area contributed by atoms with Crippen LogP contribution in [0.1, 0.15) is 56.1 Å². The number of hydrazone groups is 1. The largest absolute Gasteiger partial charge is 0.449 e. The van der Waals surface area contributed by atoms with Crippen molar-refractivity contribution in [2.75, 3.05) is 50.1 Å². The Kier molecular flexibility index (Phi) is 12.6. The summed E-state index contributed by atoms with van der Waals surface area (Å²) in [6, 6.07) is 17.4. The molecule has 2 aromatic carbocycles. The maximum atomic E-state index is 14.1. The summed E-state index contributed by atoms with van der Waals surface area (Å²) in [5, 5.41) is 15.2. The van der Waals surface area contributed by atoms with E-state index in [0.717, 1.165) is 47.9 Å². The number of likely N-dealkylation sites (N-methyl/N-ethyl adjacent to an activating group) is 1. The maximum absolute atomic E-state index is 14.1. The van der Waals surface area contributed by atoms with E-state index in [1.165, 1.54) is 11.1 Å². The standard InChI is InChI=1S/C40H49N9O6/c1-4-27(21-44-47-39(53)43-20-25-15-17-26(18-16-25)37(51)41-2)45-35(50)23-49-34-14-9-19-42-36(34)48(3)22-33(38(49)52)46-40(54)55-24-32-30-12-7-5-10-28(30)29-11-6-8-13-31(29)32/h5-14,19,21,25-27,32-33H,4,15-18,20,22-24H2,1-3H3,(H,41,51)(H,45,50)(H,46,54)(H2,43,47,53)/b44-21+/t25?,26?,27-,33-/m0/s1. The first kappa shape index (κ1) is 38.7. The SMILES string of the molecule is CC[C@@H](/C=N/NC(=O)NCC1CCC(C(=O)NC)CC1)NC(=O)CN1C(=O)[C@@H](NC(=O)OCC2c3ccccc3-c3ccccc32)CN(C)c2ncccc21. The number of hydrogen-bond acceptors (Lipinski definition) is 9. The quantitative estimate of drug-likeness (QED) is 0.138. The fourth-order valence-electron chi connectivity index (χ4n) is 7.63. The number of anilines is 2. The van der Waals surface area contributed by atoms with Crippen LogP contribution in [0.15, 0.2) is 72.0 Å². The molecule has 5 N–H and O–H groups in total.